The van der Waals surface area contributed by atoms with Crippen LogP contribution in [0, 0.1) is 0 Å². The Bertz CT molecular complexity index is 612. The van der Waals surface area contributed by atoms with Gasteiger partial charge < -0.3 is 5.11 Å². The summed E-state index contributed by atoms with van der Waals surface area (Å²) in [7, 11) is 0. The minimum absolute atomic E-state index is 0.155. The molecule has 1 N–H and O–H groups in total. The molecular formula is C21H29NO4S. The maximum Gasteiger partial charge on any atom is 0.313 e. The molecule has 1 aliphatic rings. The summed E-state index contributed by atoms with van der Waals surface area (Å²) in [5, 5.41) is 8.55. The second-order valence-electron chi connectivity index (χ2n) is 6.94. The van der Waals surface area contributed by atoms with Crippen LogP contribution in [0.15, 0.2) is 24.3 Å². The molecular weight excluding hydrogens is 362 g/mol. The molecule has 0 unspecified atom stereocenters. The van der Waals surface area contributed by atoms with Crippen LogP contribution >= 0.6 is 11.8 Å². The van der Waals surface area contributed by atoms with Crippen molar-refractivity contribution in [1.29, 1.82) is 0 Å². The number of carbonyl (C=O) groups is 3. The Labute approximate surface area is 165 Å². The molecule has 0 saturated carbocycles. The molecule has 148 valence electrons. The van der Waals surface area contributed by atoms with Crippen molar-refractivity contribution in [1.82, 2.24) is 4.90 Å². The van der Waals surface area contributed by atoms with Gasteiger partial charge in [-0.2, -0.15) is 11.8 Å². The topological polar surface area (TPSA) is 74.7 Å². The van der Waals surface area contributed by atoms with Gasteiger partial charge in [-0.3, -0.25) is 19.3 Å². The number of imide groups is 1. The van der Waals surface area contributed by atoms with Crippen LogP contribution < -0.4 is 0 Å². The highest BCUT2D eigenvalue weighted by Crippen LogP contribution is 2.23. The lowest BCUT2D eigenvalue weighted by molar-refractivity contribution is -0.133. The summed E-state index contributed by atoms with van der Waals surface area (Å²) in [6.45, 7) is 0.514. The van der Waals surface area contributed by atoms with Crippen molar-refractivity contribution < 1.29 is 19.5 Å². The van der Waals surface area contributed by atoms with Crippen LogP contribution in [0.2, 0.25) is 0 Å². The Hall–Kier alpha value is -1.82. The maximum atomic E-state index is 12.2. The third-order valence-electron chi connectivity index (χ3n) is 4.77. The van der Waals surface area contributed by atoms with E-state index in [1.807, 2.05) is 0 Å². The number of amides is 2. The number of thioether (sulfide) groups is 1. The molecule has 1 aliphatic heterocycles. The van der Waals surface area contributed by atoms with Crippen molar-refractivity contribution in [2.75, 3.05) is 18.1 Å². The first-order valence-corrected chi connectivity index (χ1v) is 11.0. The number of carbonyl (C=O) groups excluding carboxylic acids is 2. The van der Waals surface area contributed by atoms with E-state index in [1.165, 1.54) is 48.8 Å². The van der Waals surface area contributed by atoms with Gasteiger partial charge in [0.2, 0.25) is 0 Å². The molecule has 2 rings (SSSR count). The predicted molar refractivity (Wildman–Crippen MR) is 108 cm³/mol. The molecule has 0 fully saturated rings. The fraction of sp³-hybridized carbons (Fsp3) is 0.571. The number of rotatable bonds is 14. The fourth-order valence-corrected chi connectivity index (χ4v) is 4.04. The van der Waals surface area contributed by atoms with Gasteiger partial charge in [0.25, 0.3) is 11.8 Å². The Balaban J connectivity index is 1.44. The number of carboxylic acid groups (broad SMARTS) is 1. The summed E-state index contributed by atoms with van der Waals surface area (Å²) in [6, 6.07) is 7.03. The molecule has 1 aromatic carbocycles. The summed E-state index contributed by atoms with van der Waals surface area (Å²) in [5.74, 6) is 0.0994. The summed E-state index contributed by atoms with van der Waals surface area (Å²) in [6.07, 6.45) is 10.2. The van der Waals surface area contributed by atoms with Gasteiger partial charge in [0, 0.05) is 6.54 Å². The number of fused-ring (bicyclic) bond motifs is 1. The van der Waals surface area contributed by atoms with Crippen LogP contribution in [-0.4, -0.2) is 45.8 Å². The average molecular weight is 392 g/mol. The van der Waals surface area contributed by atoms with Gasteiger partial charge in [-0.15, -0.1) is 0 Å². The van der Waals surface area contributed by atoms with Crippen molar-refractivity contribution in [3.8, 4) is 0 Å². The summed E-state index contributed by atoms with van der Waals surface area (Å²) in [5.41, 5.74) is 1.06. The van der Waals surface area contributed by atoms with Crippen LogP contribution in [0.1, 0.15) is 78.5 Å². The van der Waals surface area contributed by atoms with E-state index in [1.54, 1.807) is 24.3 Å². The number of unbranched alkanes of at least 4 members (excludes halogenated alkanes) is 8. The zero-order chi connectivity index (χ0) is 19.5. The molecule has 5 nitrogen and oxygen atoms in total. The fourth-order valence-electron chi connectivity index (χ4n) is 3.31. The smallest absolute Gasteiger partial charge is 0.313 e. The zero-order valence-corrected chi connectivity index (χ0v) is 16.6. The van der Waals surface area contributed by atoms with E-state index >= 15 is 0 Å². The SMILES string of the molecule is O=C(O)CSCCCCCCCCCCCN1C(=O)c2ccccc2C1=O. The minimum atomic E-state index is -0.733. The summed E-state index contributed by atoms with van der Waals surface area (Å²) >= 11 is 1.49. The van der Waals surface area contributed by atoms with E-state index in [4.69, 9.17) is 5.11 Å². The molecule has 0 radical (unpaired) electrons. The Morgan fingerprint density at radius 1 is 0.815 bits per heavy atom. The third kappa shape index (κ3) is 7.01. The number of benzene rings is 1. The van der Waals surface area contributed by atoms with Gasteiger partial charge in [-0.25, -0.2) is 0 Å². The first kappa shape index (κ1) is 21.5. The van der Waals surface area contributed by atoms with Gasteiger partial charge in [-0.05, 0) is 30.7 Å². The van der Waals surface area contributed by atoms with Crippen LogP contribution in [0.4, 0.5) is 0 Å². The van der Waals surface area contributed by atoms with Crippen LogP contribution in [0.5, 0.6) is 0 Å². The molecule has 27 heavy (non-hydrogen) atoms. The standard InChI is InChI=1S/C21H29NO4S/c23-19(24)16-27-15-11-7-5-3-1-2-4-6-10-14-22-20(25)17-12-8-9-13-18(17)21(22)26/h8-9,12-13H,1-7,10-11,14-16H2,(H,23,24). The van der Waals surface area contributed by atoms with E-state index in [0.717, 1.165) is 31.4 Å². The Kier molecular flexibility index (Phi) is 9.39. The predicted octanol–water partition coefficient (Wildman–Crippen LogP) is 4.61. The molecule has 0 atom stereocenters. The average Bonchev–Trinajstić information content (AvgIpc) is 2.90. The normalized spacial score (nSPS) is 13.3. The highest BCUT2D eigenvalue weighted by molar-refractivity contribution is 7.99. The number of nitrogens with zero attached hydrogens (tertiary/aromatic N) is 1. The lowest BCUT2D eigenvalue weighted by atomic mass is 10.1. The number of carboxylic acids is 1. The molecule has 0 aliphatic carbocycles. The molecule has 1 aromatic rings. The second-order valence-corrected chi connectivity index (χ2v) is 8.04. The van der Waals surface area contributed by atoms with E-state index < -0.39 is 5.97 Å². The van der Waals surface area contributed by atoms with Crippen LogP contribution in [-0.2, 0) is 4.79 Å². The van der Waals surface area contributed by atoms with Crippen LogP contribution in [0.25, 0.3) is 0 Å². The van der Waals surface area contributed by atoms with E-state index in [9.17, 15) is 14.4 Å². The third-order valence-corrected chi connectivity index (χ3v) is 5.80. The second kappa shape index (κ2) is 11.8. The van der Waals surface area contributed by atoms with E-state index in [2.05, 4.69) is 0 Å². The van der Waals surface area contributed by atoms with Gasteiger partial charge >= 0.3 is 5.97 Å². The highest BCUT2D eigenvalue weighted by Gasteiger charge is 2.34. The molecule has 0 bridgehead atoms. The highest BCUT2D eigenvalue weighted by atomic mass is 32.2. The first-order valence-electron chi connectivity index (χ1n) is 9.86. The summed E-state index contributed by atoms with van der Waals surface area (Å²) < 4.78 is 0. The number of hydrogen-bond donors (Lipinski definition) is 1. The van der Waals surface area contributed by atoms with Gasteiger partial charge in [0.1, 0.15) is 0 Å². The first-order chi connectivity index (χ1) is 13.1. The molecule has 0 aromatic heterocycles. The minimum Gasteiger partial charge on any atom is -0.481 e. The monoisotopic (exact) mass is 391 g/mol. The van der Waals surface area contributed by atoms with Crippen molar-refractivity contribution in [3.05, 3.63) is 35.4 Å². The largest absolute Gasteiger partial charge is 0.481 e. The van der Waals surface area contributed by atoms with Crippen molar-refractivity contribution in [2.45, 2.75) is 57.8 Å². The molecule has 1 heterocycles. The van der Waals surface area contributed by atoms with Gasteiger partial charge in [0.15, 0.2) is 0 Å². The maximum absolute atomic E-state index is 12.2. The van der Waals surface area contributed by atoms with E-state index in [-0.39, 0.29) is 17.6 Å². The van der Waals surface area contributed by atoms with Crippen LogP contribution in [0.3, 0.4) is 0 Å². The number of hydrogen-bond acceptors (Lipinski definition) is 4. The zero-order valence-electron chi connectivity index (χ0n) is 15.8. The molecule has 6 heteroatoms. The molecule has 2 amide bonds. The quantitative estimate of drug-likeness (QED) is 0.370. The van der Waals surface area contributed by atoms with Crippen molar-refractivity contribution in [2.24, 2.45) is 0 Å². The van der Waals surface area contributed by atoms with Crippen molar-refractivity contribution in [3.63, 3.8) is 0 Å². The van der Waals surface area contributed by atoms with Gasteiger partial charge in [-0.1, -0.05) is 57.1 Å². The van der Waals surface area contributed by atoms with Crippen molar-refractivity contribution >= 4 is 29.5 Å². The summed E-state index contributed by atoms with van der Waals surface area (Å²) in [4.78, 5) is 36.3. The molecule has 0 saturated heterocycles. The lowest BCUT2D eigenvalue weighted by Gasteiger charge is -2.13. The Morgan fingerprint density at radius 2 is 1.30 bits per heavy atom. The van der Waals surface area contributed by atoms with Gasteiger partial charge in [0.05, 0.1) is 16.9 Å². The number of aliphatic carboxylic acids is 1. The Morgan fingerprint density at radius 3 is 1.81 bits per heavy atom. The molecule has 0 spiro atoms. The van der Waals surface area contributed by atoms with E-state index in [0.29, 0.717) is 17.7 Å². The lowest BCUT2D eigenvalue weighted by Crippen LogP contribution is -2.30.